The summed E-state index contributed by atoms with van der Waals surface area (Å²) in [4.78, 5) is 12.1. The van der Waals surface area contributed by atoms with Gasteiger partial charge < -0.3 is 0 Å². The number of aromatic amines is 1. The number of para-hydroxylation sites is 1. The van der Waals surface area contributed by atoms with Gasteiger partial charge in [-0.05, 0) is 30.9 Å². The van der Waals surface area contributed by atoms with Crippen LogP contribution in [0, 0.1) is 5.92 Å². The molecule has 1 heterocycles. The van der Waals surface area contributed by atoms with Gasteiger partial charge in [-0.15, -0.1) is 0 Å². The van der Waals surface area contributed by atoms with Crippen LogP contribution in [0.1, 0.15) is 32.0 Å². The van der Waals surface area contributed by atoms with E-state index in [-0.39, 0.29) is 5.56 Å². The van der Waals surface area contributed by atoms with Gasteiger partial charge in [0, 0.05) is 11.3 Å². The summed E-state index contributed by atoms with van der Waals surface area (Å²) in [6.45, 7) is 6.36. The van der Waals surface area contributed by atoms with Crippen molar-refractivity contribution in [3.63, 3.8) is 0 Å². The first kappa shape index (κ1) is 12.7. The summed E-state index contributed by atoms with van der Waals surface area (Å²) >= 11 is 0. The number of H-pyrrole nitrogens is 1. The van der Waals surface area contributed by atoms with Gasteiger partial charge in [0.1, 0.15) is 0 Å². The molecule has 0 saturated heterocycles. The van der Waals surface area contributed by atoms with Crippen molar-refractivity contribution in [1.82, 2.24) is 9.78 Å². The molecule has 0 spiro atoms. The minimum atomic E-state index is 0.0457. The summed E-state index contributed by atoms with van der Waals surface area (Å²) in [6.07, 6.45) is 1.69. The van der Waals surface area contributed by atoms with Crippen molar-refractivity contribution in [2.75, 3.05) is 0 Å². The van der Waals surface area contributed by atoms with Crippen molar-refractivity contribution in [2.45, 2.75) is 33.6 Å². The van der Waals surface area contributed by atoms with E-state index >= 15 is 0 Å². The first-order valence-electron chi connectivity index (χ1n) is 6.51. The van der Waals surface area contributed by atoms with Gasteiger partial charge in [-0.1, -0.05) is 39.0 Å². The van der Waals surface area contributed by atoms with E-state index in [0.29, 0.717) is 5.92 Å². The number of hydrogen-bond acceptors (Lipinski definition) is 1. The Balaban J connectivity index is 2.53. The molecule has 0 aliphatic rings. The van der Waals surface area contributed by atoms with Gasteiger partial charge in [-0.2, -0.15) is 0 Å². The summed E-state index contributed by atoms with van der Waals surface area (Å²) in [5, 5.41) is 2.95. The van der Waals surface area contributed by atoms with Gasteiger partial charge in [0.05, 0.1) is 5.69 Å². The minimum absolute atomic E-state index is 0.0457. The molecule has 0 radical (unpaired) electrons. The van der Waals surface area contributed by atoms with Crippen LogP contribution in [0.4, 0.5) is 0 Å². The van der Waals surface area contributed by atoms with E-state index in [2.05, 4.69) is 25.9 Å². The molecule has 0 amide bonds. The van der Waals surface area contributed by atoms with Crippen molar-refractivity contribution < 1.29 is 0 Å². The standard InChI is InChI=1S/C15H20N2O/c1-4-14-13(10-11(2)3)15(18)16-17(14)12-8-6-5-7-9-12/h5-9,11H,4,10H2,1-3H3,(H,16,18). The molecular formula is C15H20N2O. The Labute approximate surface area is 107 Å². The summed E-state index contributed by atoms with van der Waals surface area (Å²) in [6, 6.07) is 9.96. The Morgan fingerprint density at radius 2 is 1.89 bits per heavy atom. The predicted molar refractivity (Wildman–Crippen MR) is 74.3 cm³/mol. The Kier molecular flexibility index (Phi) is 3.70. The number of benzene rings is 1. The van der Waals surface area contributed by atoms with E-state index in [1.807, 2.05) is 35.0 Å². The maximum atomic E-state index is 12.1. The van der Waals surface area contributed by atoms with E-state index in [1.165, 1.54) is 0 Å². The fraction of sp³-hybridized carbons (Fsp3) is 0.400. The zero-order chi connectivity index (χ0) is 13.1. The molecule has 0 bridgehead atoms. The highest BCUT2D eigenvalue weighted by Crippen LogP contribution is 2.15. The van der Waals surface area contributed by atoms with Crippen LogP contribution in [0.25, 0.3) is 5.69 Å². The second-order valence-electron chi connectivity index (χ2n) is 4.99. The lowest BCUT2D eigenvalue weighted by Crippen LogP contribution is -2.09. The van der Waals surface area contributed by atoms with Crippen molar-refractivity contribution in [3.05, 3.63) is 51.9 Å². The predicted octanol–water partition coefficient (Wildman–Crippen LogP) is 2.93. The van der Waals surface area contributed by atoms with E-state index in [9.17, 15) is 4.79 Å². The third-order valence-corrected chi connectivity index (χ3v) is 3.07. The average Bonchev–Trinajstić information content (AvgIpc) is 2.67. The van der Waals surface area contributed by atoms with Crippen LogP contribution in [0.3, 0.4) is 0 Å². The number of aromatic nitrogens is 2. The highest BCUT2D eigenvalue weighted by molar-refractivity contribution is 5.35. The van der Waals surface area contributed by atoms with E-state index in [0.717, 1.165) is 29.8 Å². The van der Waals surface area contributed by atoms with Gasteiger partial charge in [0.25, 0.3) is 5.56 Å². The molecule has 0 aliphatic carbocycles. The topological polar surface area (TPSA) is 37.8 Å². The second kappa shape index (κ2) is 5.25. The molecule has 0 aliphatic heterocycles. The number of rotatable bonds is 4. The Morgan fingerprint density at radius 1 is 1.22 bits per heavy atom. The fourth-order valence-electron chi connectivity index (χ4n) is 2.29. The minimum Gasteiger partial charge on any atom is -0.268 e. The lowest BCUT2D eigenvalue weighted by molar-refractivity contribution is 0.639. The van der Waals surface area contributed by atoms with Gasteiger partial charge in [0.2, 0.25) is 0 Å². The Morgan fingerprint density at radius 3 is 2.44 bits per heavy atom. The van der Waals surface area contributed by atoms with Crippen LogP contribution in [-0.4, -0.2) is 9.78 Å². The maximum absolute atomic E-state index is 12.1. The summed E-state index contributed by atoms with van der Waals surface area (Å²) in [5.74, 6) is 0.489. The van der Waals surface area contributed by atoms with Crippen molar-refractivity contribution in [2.24, 2.45) is 5.92 Å². The lowest BCUT2D eigenvalue weighted by atomic mass is 10.0. The van der Waals surface area contributed by atoms with Crippen LogP contribution >= 0.6 is 0 Å². The highest BCUT2D eigenvalue weighted by atomic mass is 16.1. The molecule has 0 fully saturated rings. The van der Waals surface area contributed by atoms with E-state index in [1.54, 1.807) is 0 Å². The average molecular weight is 244 g/mol. The van der Waals surface area contributed by atoms with E-state index in [4.69, 9.17) is 0 Å². The summed E-state index contributed by atoms with van der Waals surface area (Å²) in [7, 11) is 0. The molecular weight excluding hydrogens is 224 g/mol. The molecule has 96 valence electrons. The van der Waals surface area contributed by atoms with Crippen molar-refractivity contribution >= 4 is 0 Å². The summed E-state index contributed by atoms with van der Waals surface area (Å²) < 4.78 is 1.92. The zero-order valence-electron chi connectivity index (χ0n) is 11.2. The van der Waals surface area contributed by atoms with Crippen molar-refractivity contribution in [3.8, 4) is 5.69 Å². The van der Waals surface area contributed by atoms with Gasteiger partial charge >= 0.3 is 0 Å². The number of nitrogens with zero attached hydrogens (tertiary/aromatic N) is 1. The monoisotopic (exact) mass is 244 g/mol. The number of nitrogens with one attached hydrogen (secondary N) is 1. The SMILES string of the molecule is CCc1c(CC(C)C)c(=O)[nH]n1-c1ccccc1. The Bertz CT molecular complexity index is 564. The molecule has 0 saturated carbocycles. The second-order valence-corrected chi connectivity index (χ2v) is 4.99. The molecule has 1 N–H and O–H groups in total. The quantitative estimate of drug-likeness (QED) is 0.882. The normalized spacial score (nSPS) is 11.1. The van der Waals surface area contributed by atoms with Gasteiger partial charge in [-0.3, -0.25) is 14.6 Å². The molecule has 2 aromatic rings. The van der Waals surface area contributed by atoms with Gasteiger partial charge in [-0.25, -0.2) is 0 Å². The summed E-state index contributed by atoms with van der Waals surface area (Å²) in [5.41, 5.74) is 3.09. The molecule has 1 aromatic heterocycles. The first-order chi connectivity index (χ1) is 8.63. The first-order valence-corrected chi connectivity index (χ1v) is 6.51. The molecule has 1 aromatic carbocycles. The molecule has 3 heteroatoms. The van der Waals surface area contributed by atoms with Crippen LogP contribution < -0.4 is 5.56 Å². The maximum Gasteiger partial charge on any atom is 0.267 e. The van der Waals surface area contributed by atoms with Crippen LogP contribution in [0.2, 0.25) is 0 Å². The van der Waals surface area contributed by atoms with Crippen LogP contribution in [-0.2, 0) is 12.8 Å². The van der Waals surface area contributed by atoms with E-state index < -0.39 is 0 Å². The molecule has 0 unspecified atom stereocenters. The smallest absolute Gasteiger partial charge is 0.267 e. The van der Waals surface area contributed by atoms with Crippen LogP contribution in [0.15, 0.2) is 35.1 Å². The largest absolute Gasteiger partial charge is 0.268 e. The number of hydrogen-bond donors (Lipinski definition) is 1. The van der Waals surface area contributed by atoms with Crippen LogP contribution in [0.5, 0.6) is 0 Å². The van der Waals surface area contributed by atoms with Crippen molar-refractivity contribution in [1.29, 1.82) is 0 Å². The Hall–Kier alpha value is -1.77. The fourth-order valence-corrected chi connectivity index (χ4v) is 2.29. The molecule has 3 nitrogen and oxygen atoms in total. The molecule has 0 atom stereocenters. The molecule has 2 rings (SSSR count). The highest BCUT2D eigenvalue weighted by Gasteiger charge is 2.15. The zero-order valence-corrected chi connectivity index (χ0v) is 11.2. The molecule has 18 heavy (non-hydrogen) atoms. The lowest BCUT2D eigenvalue weighted by Gasteiger charge is -2.09. The third-order valence-electron chi connectivity index (χ3n) is 3.07. The van der Waals surface area contributed by atoms with Gasteiger partial charge in [0.15, 0.2) is 0 Å². The third kappa shape index (κ3) is 2.40.